The van der Waals surface area contributed by atoms with Crippen LogP contribution in [0.5, 0.6) is 0 Å². The first kappa shape index (κ1) is 16.3. The van der Waals surface area contributed by atoms with Gasteiger partial charge in [-0.2, -0.15) is 0 Å². The van der Waals surface area contributed by atoms with Gasteiger partial charge < -0.3 is 9.30 Å². The fourth-order valence-electron chi connectivity index (χ4n) is 3.34. The molecule has 1 aliphatic heterocycles. The van der Waals surface area contributed by atoms with Crippen molar-refractivity contribution in [2.24, 2.45) is 0 Å². The summed E-state index contributed by atoms with van der Waals surface area (Å²) in [6.45, 7) is 2.84. The van der Waals surface area contributed by atoms with Gasteiger partial charge in [0.2, 0.25) is 11.9 Å². The highest BCUT2D eigenvalue weighted by atomic mass is 16.5. The fourth-order valence-corrected chi connectivity index (χ4v) is 3.34. The molecule has 1 atom stereocenters. The van der Waals surface area contributed by atoms with E-state index >= 15 is 0 Å². The fraction of sp³-hybridized carbons (Fsp3) is 0.250. The number of imidazole rings is 1. The van der Waals surface area contributed by atoms with Crippen LogP contribution >= 0.6 is 0 Å². The number of aromatic nitrogens is 2. The molecule has 0 spiro atoms. The van der Waals surface area contributed by atoms with Crippen LogP contribution in [0.15, 0.2) is 48.5 Å². The molecule has 0 saturated carbocycles. The van der Waals surface area contributed by atoms with Crippen LogP contribution in [0.3, 0.4) is 0 Å². The van der Waals surface area contributed by atoms with E-state index in [9.17, 15) is 9.59 Å². The number of nitrogens with zero attached hydrogens (tertiary/aromatic N) is 2. The predicted octanol–water partition coefficient (Wildman–Crippen LogP) is 3.69. The van der Waals surface area contributed by atoms with E-state index in [0.29, 0.717) is 11.5 Å². The number of anilines is 1. The maximum Gasteiger partial charge on any atom is 0.339 e. The summed E-state index contributed by atoms with van der Waals surface area (Å²) in [5.41, 5.74) is 3.12. The van der Waals surface area contributed by atoms with Crippen molar-refractivity contribution in [3.05, 3.63) is 59.7 Å². The number of esters is 1. The molecule has 6 heteroatoms. The van der Waals surface area contributed by atoms with Crippen molar-refractivity contribution in [1.29, 1.82) is 0 Å². The standard InChI is InChI=1S/C20H19N3O3/c1-2-11-23-16-10-6-5-9-15(16)21-20(23)22-18(24)12-17-13-7-3-4-8-14(13)19(25)26-17/h3-10,17H,2,11-12H2,1H3,(H,21,22,24)/t17-/m0/s1. The van der Waals surface area contributed by atoms with Crippen molar-refractivity contribution in [2.75, 3.05) is 5.32 Å². The molecule has 1 aliphatic rings. The minimum atomic E-state index is -0.553. The molecule has 132 valence electrons. The van der Waals surface area contributed by atoms with Crippen LogP contribution in [0.4, 0.5) is 5.95 Å². The molecule has 2 heterocycles. The first-order valence-corrected chi connectivity index (χ1v) is 8.72. The number of ether oxygens (including phenoxy) is 1. The summed E-state index contributed by atoms with van der Waals surface area (Å²) < 4.78 is 7.35. The molecule has 6 nitrogen and oxygen atoms in total. The Morgan fingerprint density at radius 2 is 1.96 bits per heavy atom. The average Bonchev–Trinajstić information content (AvgIpc) is 3.14. The zero-order chi connectivity index (χ0) is 18.1. The van der Waals surface area contributed by atoms with Crippen molar-refractivity contribution in [3.8, 4) is 0 Å². The number of hydrogen-bond acceptors (Lipinski definition) is 4. The molecule has 0 radical (unpaired) electrons. The van der Waals surface area contributed by atoms with Gasteiger partial charge in [0.1, 0.15) is 6.10 Å². The quantitative estimate of drug-likeness (QED) is 0.713. The zero-order valence-corrected chi connectivity index (χ0v) is 14.4. The third-order valence-corrected chi connectivity index (χ3v) is 4.50. The molecule has 4 rings (SSSR count). The van der Waals surface area contributed by atoms with Crippen LogP contribution in [-0.2, 0) is 16.1 Å². The molecule has 3 aromatic rings. The van der Waals surface area contributed by atoms with Gasteiger partial charge in [-0.3, -0.25) is 10.1 Å². The molecule has 1 aromatic heterocycles. The summed E-state index contributed by atoms with van der Waals surface area (Å²) in [7, 11) is 0. The minimum absolute atomic E-state index is 0.0675. The summed E-state index contributed by atoms with van der Waals surface area (Å²) in [5.74, 6) is -0.0838. The van der Waals surface area contributed by atoms with Crippen LogP contribution in [0.25, 0.3) is 11.0 Å². The number of amides is 1. The highest BCUT2D eigenvalue weighted by molar-refractivity contribution is 5.96. The largest absolute Gasteiger partial charge is 0.453 e. The van der Waals surface area contributed by atoms with Gasteiger partial charge in [0, 0.05) is 12.1 Å². The van der Waals surface area contributed by atoms with Gasteiger partial charge in [-0.1, -0.05) is 37.3 Å². The molecule has 2 aromatic carbocycles. The molecule has 0 bridgehead atoms. The summed E-state index contributed by atoms with van der Waals surface area (Å²) in [6, 6.07) is 15.0. The second-order valence-corrected chi connectivity index (χ2v) is 6.31. The lowest BCUT2D eigenvalue weighted by atomic mass is 10.0. The number of benzene rings is 2. The van der Waals surface area contributed by atoms with Crippen molar-refractivity contribution >= 4 is 28.9 Å². The van der Waals surface area contributed by atoms with Crippen molar-refractivity contribution in [3.63, 3.8) is 0 Å². The van der Waals surface area contributed by atoms with Crippen molar-refractivity contribution in [2.45, 2.75) is 32.4 Å². The van der Waals surface area contributed by atoms with Crippen LogP contribution in [0.2, 0.25) is 0 Å². The molecular formula is C20H19N3O3. The molecule has 0 aliphatic carbocycles. The maximum absolute atomic E-state index is 12.6. The summed E-state index contributed by atoms with van der Waals surface area (Å²) in [6.07, 6.45) is 0.442. The van der Waals surface area contributed by atoms with E-state index in [1.165, 1.54) is 0 Å². The Hall–Kier alpha value is -3.15. The van der Waals surface area contributed by atoms with Gasteiger partial charge in [0.15, 0.2) is 0 Å². The van der Waals surface area contributed by atoms with Crippen LogP contribution in [0, 0.1) is 0 Å². The maximum atomic E-state index is 12.6. The Kier molecular flexibility index (Phi) is 4.16. The number of aryl methyl sites for hydroxylation is 1. The monoisotopic (exact) mass is 349 g/mol. The Morgan fingerprint density at radius 3 is 2.81 bits per heavy atom. The van der Waals surface area contributed by atoms with Crippen LogP contribution in [0.1, 0.15) is 41.8 Å². The second-order valence-electron chi connectivity index (χ2n) is 6.31. The lowest BCUT2D eigenvalue weighted by Gasteiger charge is -2.12. The molecule has 0 fully saturated rings. The van der Waals surface area contributed by atoms with E-state index in [4.69, 9.17) is 4.74 Å². The van der Waals surface area contributed by atoms with Gasteiger partial charge in [-0.25, -0.2) is 9.78 Å². The molecular weight excluding hydrogens is 330 g/mol. The Morgan fingerprint density at radius 1 is 1.19 bits per heavy atom. The van der Waals surface area contributed by atoms with Gasteiger partial charge in [0.05, 0.1) is 23.0 Å². The number of carbonyl (C=O) groups is 2. The van der Waals surface area contributed by atoms with E-state index in [0.717, 1.165) is 29.6 Å². The van der Waals surface area contributed by atoms with E-state index in [1.807, 2.05) is 41.0 Å². The summed E-state index contributed by atoms with van der Waals surface area (Å²) in [4.78, 5) is 29.0. The lowest BCUT2D eigenvalue weighted by Crippen LogP contribution is -2.18. The number of rotatable bonds is 5. The predicted molar refractivity (Wildman–Crippen MR) is 97.9 cm³/mol. The number of hydrogen-bond donors (Lipinski definition) is 1. The molecule has 1 N–H and O–H groups in total. The smallest absolute Gasteiger partial charge is 0.339 e. The normalized spacial score (nSPS) is 15.7. The Labute approximate surface area is 150 Å². The first-order valence-electron chi connectivity index (χ1n) is 8.72. The lowest BCUT2D eigenvalue weighted by molar-refractivity contribution is -0.118. The van der Waals surface area contributed by atoms with Crippen LogP contribution < -0.4 is 5.32 Å². The second kappa shape index (κ2) is 6.63. The van der Waals surface area contributed by atoms with Gasteiger partial charge in [0.25, 0.3) is 0 Å². The Bertz CT molecular complexity index is 993. The third kappa shape index (κ3) is 2.83. The number of fused-ring (bicyclic) bond motifs is 2. The SMILES string of the molecule is CCCn1c(NC(=O)C[C@@H]2OC(=O)c3ccccc32)nc2ccccc21. The number of carbonyl (C=O) groups excluding carboxylic acids is 2. The van der Waals surface area contributed by atoms with Crippen molar-refractivity contribution in [1.82, 2.24) is 9.55 Å². The van der Waals surface area contributed by atoms with E-state index in [2.05, 4.69) is 17.2 Å². The van der Waals surface area contributed by atoms with E-state index < -0.39 is 6.10 Å². The molecule has 1 amide bonds. The zero-order valence-electron chi connectivity index (χ0n) is 14.4. The first-order chi connectivity index (χ1) is 12.7. The molecule has 0 unspecified atom stereocenters. The molecule has 26 heavy (non-hydrogen) atoms. The Balaban J connectivity index is 1.55. The van der Waals surface area contributed by atoms with Crippen molar-refractivity contribution < 1.29 is 14.3 Å². The average molecular weight is 349 g/mol. The van der Waals surface area contributed by atoms with Gasteiger partial charge in [-0.15, -0.1) is 0 Å². The third-order valence-electron chi connectivity index (χ3n) is 4.50. The van der Waals surface area contributed by atoms with Gasteiger partial charge in [-0.05, 0) is 24.6 Å². The van der Waals surface area contributed by atoms with Gasteiger partial charge >= 0.3 is 5.97 Å². The summed E-state index contributed by atoms with van der Waals surface area (Å²) >= 11 is 0. The number of para-hydroxylation sites is 2. The molecule has 0 saturated heterocycles. The number of nitrogens with one attached hydrogen (secondary N) is 1. The van der Waals surface area contributed by atoms with E-state index in [1.54, 1.807) is 12.1 Å². The highest BCUT2D eigenvalue weighted by Gasteiger charge is 2.32. The minimum Gasteiger partial charge on any atom is -0.453 e. The van der Waals surface area contributed by atoms with E-state index in [-0.39, 0.29) is 18.3 Å². The summed E-state index contributed by atoms with van der Waals surface area (Å²) in [5, 5.41) is 2.88. The topological polar surface area (TPSA) is 73.2 Å². The van der Waals surface area contributed by atoms with Crippen LogP contribution in [-0.4, -0.2) is 21.4 Å². The number of cyclic esters (lactones) is 1. The highest BCUT2D eigenvalue weighted by Crippen LogP contribution is 2.33.